The lowest BCUT2D eigenvalue weighted by Gasteiger charge is -2.33. The summed E-state index contributed by atoms with van der Waals surface area (Å²) in [6.07, 6.45) is 3.67. The van der Waals surface area contributed by atoms with E-state index >= 15 is 0 Å². The van der Waals surface area contributed by atoms with Crippen molar-refractivity contribution in [3.63, 3.8) is 0 Å². The van der Waals surface area contributed by atoms with E-state index in [0.29, 0.717) is 5.33 Å². The third kappa shape index (κ3) is 2.54. The molecular formula is C10H14Br2N2O. The molecule has 0 radical (unpaired) electrons. The molecular weight excluding hydrogens is 324 g/mol. The van der Waals surface area contributed by atoms with Crippen LogP contribution in [0.4, 0.5) is 0 Å². The molecule has 0 bridgehead atoms. The number of carbonyl (C=O) groups is 1. The van der Waals surface area contributed by atoms with Gasteiger partial charge < -0.3 is 4.90 Å². The van der Waals surface area contributed by atoms with E-state index in [1.54, 1.807) is 11.9 Å². The van der Waals surface area contributed by atoms with Crippen molar-refractivity contribution in [3.05, 3.63) is 0 Å². The molecule has 1 saturated carbocycles. The molecule has 3 nitrogen and oxygen atoms in total. The highest BCUT2D eigenvalue weighted by molar-refractivity contribution is 9.12. The van der Waals surface area contributed by atoms with Gasteiger partial charge in [-0.2, -0.15) is 5.26 Å². The monoisotopic (exact) mass is 336 g/mol. The van der Waals surface area contributed by atoms with E-state index in [1.807, 2.05) is 0 Å². The van der Waals surface area contributed by atoms with Crippen LogP contribution in [0.3, 0.4) is 0 Å². The van der Waals surface area contributed by atoms with Crippen LogP contribution in [0.2, 0.25) is 0 Å². The molecule has 0 aromatic rings. The summed E-state index contributed by atoms with van der Waals surface area (Å²) in [7, 11) is 1.73. The van der Waals surface area contributed by atoms with Gasteiger partial charge in [-0.25, -0.2) is 0 Å². The molecule has 84 valence electrons. The van der Waals surface area contributed by atoms with Crippen molar-refractivity contribution < 1.29 is 4.79 Å². The SMILES string of the molecule is CN(C(=O)C(Br)CBr)C1(C#N)CCCC1. The molecule has 1 rings (SSSR count). The Morgan fingerprint density at radius 1 is 1.60 bits per heavy atom. The van der Waals surface area contributed by atoms with Crippen molar-refractivity contribution in [2.75, 3.05) is 12.4 Å². The average Bonchev–Trinajstić information content (AvgIpc) is 2.75. The van der Waals surface area contributed by atoms with Gasteiger partial charge in [0.05, 0.1) is 6.07 Å². The zero-order valence-electron chi connectivity index (χ0n) is 8.67. The average molecular weight is 338 g/mol. The van der Waals surface area contributed by atoms with E-state index in [-0.39, 0.29) is 10.7 Å². The van der Waals surface area contributed by atoms with E-state index in [2.05, 4.69) is 37.9 Å². The molecule has 1 aliphatic carbocycles. The summed E-state index contributed by atoms with van der Waals surface area (Å²) < 4.78 is 0. The van der Waals surface area contributed by atoms with Crippen LogP contribution in [0.5, 0.6) is 0 Å². The fourth-order valence-electron chi connectivity index (χ4n) is 1.97. The van der Waals surface area contributed by atoms with Crippen LogP contribution < -0.4 is 0 Å². The number of nitrogens with zero attached hydrogens (tertiary/aromatic N) is 2. The number of rotatable bonds is 3. The molecule has 0 aromatic heterocycles. The van der Waals surface area contributed by atoms with Crippen molar-refractivity contribution in [2.24, 2.45) is 0 Å². The van der Waals surface area contributed by atoms with Gasteiger partial charge in [0.15, 0.2) is 0 Å². The Morgan fingerprint density at radius 3 is 2.53 bits per heavy atom. The van der Waals surface area contributed by atoms with Gasteiger partial charge >= 0.3 is 0 Å². The van der Waals surface area contributed by atoms with Crippen molar-refractivity contribution in [1.29, 1.82) is 5.26 Å². The second kappa shape index (κ2) is 5.31. The lowest BCUT2D eigenvalue weighted by molar-refractivity contribution is -0.132. The molecule has 5 heteroatoms. The maximum atomic E-state index is 11.9. The van der Waals surface area contributed by atoms with Crippen LogP contribution >= 0.6 is 31.9 Å². The van der Waals surface area contributed by atoms with Gasteiger partial charge in [-0.1, -0.05) is 31.9 Å². The minimum absolute atomic E-state index is 0.0182. The van der Waals surface area contributed by atoms with E-state index < -0.39 is 5.54 Å². The number of carbonyl (C=O) groups excluding carboxylic acids is 1. The van der Waals surface area contributed by atoms with Gasteiger partial charge in [-0.3, -0.25) is 4.79 Å². The topological polar surface area (TPSA) is 44.1 Å². The highest BCUT2D eigenvalue weighted by Gasteiger charge is 2.41. The predicted octanol–water partition coefficient (Wildman–Crippen LogP) is 2.44. The second-order valence-electron chi connectivity index (χ2n) is 3.87. The quantitative estimate of drug-likeness (QED) is 0.742. The summed E-state index contributed by atoms with van der Waals surface area (Å²) in [5.74, 6) is -0.0182. The molecule has 1 fully saturated rings. The molecule has 1 unspecified atom stereocenters. The fourth-order valence-corrected chi connectivity index (χ4v) is 2.55. The zero-order valence-corrected chi connectivity index (χ0v) is 11.8. The van der Waals surface area contributed by atoms with Crippen LogP contribution in [0.25, 0.3) is 0 Å². The Hall–Kier alpha value is -0.0800. The lowest BCUT2D eigenvalue weighted by Crippen LogP contribution is -2.49. The van der Waals surface area contributed by atoms with E-state index in [4.69, 9.17) is 0 Å². The van der Waals surface area contributed by atoms with Crippen LogP contribution in [-0.4, -0.2) is 33.6 Å². The fraction of sp³-hybridized carbons (Fsp3) is 0.800. The van der Waals surface area contributed by atoms with Gasteiger partial charge in [-0.15, -0.1) is 0 Å². The second-order valence-corrected chi connectivity index (χ2v) is 5.62. The third-order valence-electron chi connectivity index (χ3n) is 3.01. The smallest absolute Gasteiger partial charge is 0.238 e. The minimum atomic E-state index is -0.564. The first kappa shape index (κ1) is 13.0. The van der Waals surface area contributed by atoms with E-state index in [1.165, 1.54) is 0 Å². The summed E-state index contributed by atoms with van der Waals surface area (Å²) in [6.45, 7) is 0. The molecule has 15 heavy (non-hydrogen) atoms. The first-order valence-electron chi connectivity index (χ1n) is 4.96. The summed E-state index contributed by atoms with van der Waals surface area (Å²) in [4.78, 5) is 13.3. The summed E-state index contributed by atoms with van der Waals surface area (Å²) in [5.41, 5.74) is -0.564. The largest absolute Gasteiger partial charge is 0.326 e. The lowest BCUT2D eigenvalue weighted by atomic mass is 9.97. The maximum Gasteiger partial charge on any atom is 0.238 e. The van der Waals surface area contributed by atoms with E-state index in [9.17, 15) is 10.1 Å². The van der Waals surface area contributed by atoms with Crippen molar-refractivity contribution >= 4 is 37.8 Å². The van der Waals surface area contributed by atoms with Crippen LogP contribution in [-0.2, 0) is 4.79 Å². The number of halogens is 2. The molecule has 1 atom stereocenters. The molecule has 0 aromatic carbocycles. The maximum absolute atomic E-state index is 11.9. The van der Waals surface area contributed by atoms with Gasteiger partial charge in [0.25, 0.3) is 0 Å². The Morgan fingerprint density at radius 2 is 2.13 bits per heavy atom. The van der Waals surface area contributed by atoms with Gasteiger partial charge in [0.1, 0.15) is 10.4 Å². The third-order valence-corrected chi connectivity index (χ3v) is 5.25. The van der Waals surface area contributed by atoms with Crippen LogP contribution in [0.15, 0.2) is 0 Å². The van der Waals surface area contributed by atoms with E-state index in [0.717, 1.165) is 25.7 Å². The molecule has 0 saturated heterocycles. The number of hydrogen-bond acceptors (Lipinski definition) is 2. The summed E-state index contributed by atoms with van der Waals surface area (Å²) in [5, 5.41) is 9.79. The van der Waals surface area contributed by atoms with Gasteiger partial charge in [0.2, 0.25) is 5.91 Å². The first-order valence-corrected chi connectivity index (χ1v) is 7.00. The van der Waals surface area contributed by atoms with Gasteiger partial charge in [-0.05, 0) is 25.7 Å². The number of alkyl halides is 2. The molecule has 1 amide bonds. The van der Waals surface area contributed by atoms with Crippen LogP contribution in [0.1, 0.15) is 25.7 Å². The van der Waals surface area contributed by atoms with Gasteiger partial charge in [0, 0.05) is 12.4 Å². The number of nitriles is 1. The molecule has 1 aliphatic rings. The Labute approximate surface area is 107 Å². The normalized spacial score (nSPS) is 20.7. The molecule has 0 N–H and O–H groups in total. The summed E-state index contributed by atoms with van der Waals surface area (Å²) in [6, 6.07) is 2.31. The van der Waals surface area contributed by atoms with Crippen molar-refractivity contribution in [1.82, 2.24) is 4.90 Å². The highest BCUT2D eigenvalue weighted by Crippen LogP contribution is 2.34. The van der Waals surface area contributed by atoms with Crippen molar-refractivity contribution in [2.45, 2.75) is 36.0 Å². The number of amides is 1. The molecule has 0 aliphatic heterocycles. The standard InChI is InChI=1S/C10H14Br2N2O/c1-14(9(15)8(12)6-11)10(7-13)4-2-3-5-10/h8H,2-6H2,1H3. The molecule has 0 heterocycles. The number of hydrogen-bond donors (Lipinski definition) is 0. The van der Waals surface area contributed by atoms with Crippen molar-refractivity contribution in [3.8, 4) is 6.07 Å². The first-order chi connectivity index (χ1) is 7.07. The highest BCUT2D eigenvalue weighted by atomic mass is 79.9. The summed E-state index contributed by atoms with van der Waals surface area (Å²) >= 11 is 6.55. The minimum Gasteiger partial charge on any atom is -0.326 e. The van der Waals surface area contributed by atoms with Crippen LogP contribution in [0, 0.1) is 11.3 Å². The predicted molar refractivity (Wildman–Crippen MR) is 66.1 cm³/mol. The molecule has 0 spiro atoms. The Kier molecular flexibility index (Phi) is 4.60. The zero-order chi connectivity index (χ0) is 11.5. The Bertz CT molecular complexity index is 282. The Balaban J connectivity index is 2.78.